The summed E-state index contributed by atoms with van der Waals surface area (Å²) in [5.74, 6) is -0.434. The fourth-order valence-electron chi connectivity index (χ4n) is 6.22. The molecular formula is C32H33Br2N7O4. The number of likely N-dealkylation sites (tertiary alicyclic amines) is 1. The molecule has 2 aliphatic rings. The van der Waals surface area contributed by atoms with Crippen molar-refractivity contribution in [2.75, 3.05) is 30.7 Å². The summed E-state index contributed by atoms with van der Waals surface area (Å²) >= 11 is 7.03. The number of aromatic carboxylic acids is 1. The van der Waals surface area contributed by atoms with E-state index in [1.807, 2.05) is 52.9 Å². The van der Waals surface area contributed by atoms with Crippen molar-refractivity contribution in [2.24, 2.45) is 7.05 Å². The van der Waals surface area contributed by atoms with Crippen LogP contribution in [0.25, 0.3) is 11.0 Å². The molecule has 0 spiro atoms. The minimum atomic E-state index is -1.03. The highest BCUT2D eigenvalue weighted by Crippen LogP contribution is 2.32. The number of urea groups is 2. The number of carboxylic acids is 1. The Morgan fingerprint density at radius 2 is 1.80 bits per heavy atom. The number of carbonyl (C=O) groups is 3. The van der Waals surface area contributed by atoms with Crippen molar-refractivity contribution in [2.45, 2.75) is 37.8 Å². The van der Waals surface area contributed by atoms with Gasteiger partial charge in [0, 0.05) is 53.8 Å². The number of hydrogen-bond acceptors (Lipinski definition) is 5. The lowest BCUT2D eigenvalue weighted by atomic mass is 10.0. The van der Waals surface area contributed by atoms with Crippen molar-refractivity contribution < 1.29 is 19.5 Å². The van der Waals surface area contributed by atoms with E-state index >= 15 is 0 Å². The van der Waals surface area contributed by atoms with Crippen LogP contribution in [0.15, 0.2) is 63.5 Å². The van der Waals surface area contributed by atoms with Crippen LogP contribution in [0.1, 0.15) is 46.2 Å². The zero-order chi connectivity index (χ0) is 31.8. The van der Waals surface area contributed by atoms with E-state index < -0.39 is 12.0 Å². The van der Waals surface area contributed by atoms with E-state index in [4.69, 9.17) is 10.7 Å². The monoisotopic (exact) mass is 737 g/mol. The van der Waals surface area contributed by atoms with Gasteiger partial charge < -0.3 is 35.8 Å². The van der Waals surface area contributed by atoms with Gasteiger partial charge in [0.1, 0.15) is 5.82 Å². The Hall–Kier alpha value is -4.10. The molecule has 45 heavy (non-hydrogen) atoms. The van der Waals surface area contributed by atoms with Crippen LogP contribution in [-0.4, -0.2) is 68.2 Å². The number of rotatable bonds is 6. The first-order valence-corrected chi connectivity index (χ1v) is 16.3. The molecule has 4 amide bonds. The molecule has 1 saturated heterocycles. The Morgan fingerprint density at radius 1 is 1.09 bits per heavy atom. The number of nitrogens with one attached hydrogen (secondary N) is 2. The summed E-state index contributed by atoms with van der Waals surface area (Å²) < 4.78 is 3.35. The van der Waals surface area contributed by atoms with Gasteiger partial charge in [0.2, 0.25) is 0 Å². The molecule has 3 heterocycles. The van der Waals surface area contributed by atoms with Crippen molar-refractivity contribution in [3.8, 4) is 0 Å². The Bertz CT molecular complexity index is 1780. The molecule has 11 nitrogen and oxygen atoms in total. The second-order valence-corrected chi connectivity index (χ2v) is 13.2. The maximum atomic E-state index is 13.7. The van der Waals surface area contributed by atoms with Gasteiger partial charge in [-0.15, -0.1) is 0 Å². The van der Waals surface area contributed by atoms with Crippen molar-refractivity contribution in [1.82, 2.24) is 24.7 Å². The number of anilines is 2. The molecule has 3 aromatic carbocycles. The maximum Gasteiger partial charge on any atom is 0.335 e. The Morgan fingerprint density at radius 3 is 2.51 bits per heavy atom. The molecule has 1 fully saturated rings. The highest BCUT2D eigenvalue weighted by atomic mass is 79.9. The molecule has 13 heteroatoms. The molecule has 0 bridgehead atoms. The molecule has 0 aliphatic carbocycles. The van der Waals surface area contributed by atoms with Gasteiger partial charge in [0.25, 0.3) is 0 Å². The number of amides is 4. The number of nitrogen functional groups attached to an aromatic ring is 1. The molecule has 234 valence electrons. The van der Waals surface area contributed by atoms with Crippen molar-refractivity contribution in [1.29, 1.82) is 0 Å². The van der Waals surface area contributed by atoms with Crippen LogP contribution in [0.2, 0.25) is 0 Å². The predicted octanol–water partition coefficient (Wildman–Crippen LogP) is 5.93. The van der Waals surface area contributed by atoms with Crippen molar-refractivity contribution >= 4 is 72.3 Å². The molecule has 5 N–H and O–H groups in total. The third-order valence-corrected chi connectivity index (χ3v) is 10.00. The minimum absolute atomic E-state index is 0.0342. The number of aromatic nitrogens is 2. The first-order chi connectivity index (χ1) is 21.6. The zero-order valence-corrected chi connectivity index (χ0v) is 27.8. The van der Waals surface area contributed by atoms with Gasteiger partial charge in [-0.3, -0.25) is 0 Å². The highest BCUT2D eigenvalue weighted by molar-refractivity contribution is 9.11. The van der Waals surface area contributed by atoms with Crippen molar-refractivity contribution in [3.05, 3.63) is 86.1 Å². The number of benzene rings is 3. The van der Waals surface area contributed by atoms with Crippen LogP contribution in [-0.2, 0) is 19.9 Å². The Kier molecular flexibility index (Phi) is 8.74. The molecule has 1 aromatic heterocycles. The number of nitrogens with zero attached hydrogens (tertiary/aromatic N) is 4. The summed E-state index contributed by atoms with van der Waals surface area (Å²) in [4.78, 5) is 46.9. The normalized spacial score (nSPS) is 16.2. The van der Waals surface area contributed by atoms with E-state index in [2.05, 4.69) is 42.5 Å². The summed E-state index contributed by atoms with van der Waals surface area (Å²) in [6, 6.07) is 15.7. The molecular weight excluding hydrogens is 706 g/mol. The lowest BCUT2D eigenvalue weighted by Crippen LogP contribution is -2.52. The number of carboxylic acid groups (broad SMARTS) is 1. The van der Waals surface area contributed by atoms with Crippen LogP contribution in [0.3, 0.4) is 0 Å². The van der Waals surface area contributed by atoms with E-state index in [0.717, 1.165) is 37.7 Å². The number of nitrogens with two attached hydrogens (primary N) is 1. The fraction of sp³-hybridized carbons (Fsp3) is 0.312. The second kappa shape index (κ2) is 12.7. The van der Waals surface area contributed by atoms with Gasteiger partial charge in [-0.2, -0.15) is 0 Å². The largest absolute Gasteiger partial charge is 0.478 e. The summed E-state index contributed by atoms with van der Waals surface area (Å²) in [5, 5.41) is 15.7. The zero-order valence-electron chi connectivity index (χ0n) is 24.6. The fourth-order valence-corrected chi connectivity index (χ4v) is 7.50. The molecule has 0 unspecified atom stereocenters. The summed E-state index contributed by atoms with van der Waals surface area (Å²) in [6.45, 7) is 1.64. The average molecular weight is 739 g/mol. The van der Waals surface area contributed by atoms with Gasteiger partial charge >= 0.3 is 18.0 Å². The minimum Gasteiger partial charge on any atom is -0.478 e. The summed E-state index contributed by atoms with van der Waals surface area (Å²) in [6.07, 6.45) is 2.53. The lowest BCUT2D eigenvalue weighted by molar-refractivity contribution is 0.0697. The number of para-hydroxylation sites is 1. The number of hydrogen-bond donors (Lipinski definition) is 4. The highest BCUT2D eigenvalue weighted by Gasteiger charge is 2.32. The molecule has 0 radical (unpaired) electrons. The van der Waals surface area contributed by atoms with E-state index in [0.29, 0.717) is 55.9 Å². The number of carbonyl (C=O) groups excluding carboxylic acids is 2. The third kappa shape index (κ3) is 6.36. The number of fused-ring (bicyclic) bond motifs is 2. The standard InChI is InChI=1S/C32H33Br2N7O4/c1-39-27-7-6-20(30(42)43)17-25(27)36-29(39)26(16-18-14-22(33)28(35)23(34)15-18)38-31(44)40-11-9-21(10-12-40)41-13-8-19-4-2-3-5-24(19)37-32(41)45/h2-7,14-15,17,21,26H,8-13,16,35H2,1H3,(H,37,45)(H,38,44)(H,42,43)/t26-/m1/s1. The van der Waals surface area contributed by atoms with E-state index in [1.165, 1.54) is 0 Å². The average Bonchev–Trinajstić information content (AvgIpc) is 3.25. The quantitative estimate of drug-likeness (QED) is 0.181. The molecule has 2 aliphatic heterocycles. The first kappa shape index (κ1) is 30.9. The molecule has 4 aromatic rings. The topological polar surface area (TPSA) is 146 Å². The second-order valence-electron chi connectivity index (χ2n) is 11.5. The number of aryl methyl sites for hydroxylation is 1. The van der Waals surface area contributed by atoms with E-state index in [1.54, 1.807) is 23.1 Å². The van der Waals surface area contributed by atoms with E-state index in [-0.39, 0.29) is 23.7 Å². The maximum absolute atomic E-state index is 13.7. The molecule has 6 rings (SSSR count). The summed E-state index contributed by atoms with van der Waals surface area (Å²) in [7, 11) is 1.86. The van der Waals surface area contributed by atoms with Gasteiger partial charge in [-0.25, -0.2) is 19.4 Å². The Labute approximate surface area is 277 Å². The predicted molar refractivity (Wildman–Crippen MR) is 179 cm³/mol. The third-order valence-electron chi connectivity index (χ3n) is 8.68. The van der Waals surface area contributed by atoms with E-state index in [9.17, 15) is 19.5 Å². The van der Waals surface area contributed by atoms with Crippen LogP contribution in [0.4, 0.5) is 21.0 Å². The number of piperidine rings is 1. The van der Waals surface area contributed by atoms with Gasteiger partial charge in [-0.05, 0) is 98.6 Å². The SMILES string of the molecule is Cn1c([C@@H](Cc2cc(Br)c(N)c(Br)c2)NC(=O)N2CCC(N3CCc4ccccc4NC3=O)CC2)nc2cc(C(=O)O)ccc21. The van der Waals surface area contributed by atoms with Crippen LogP contribution in [0.5, 0.6) is 0 Å². The van der Waals surface area contributed by atoms with Gasteiger partial charge in [0.15, 0.2) is 0 Å². The Balaban J connectivity index is 1.20. The van der Waals surface area contributed by atoms with Crippen LogP contribution >= 0.6 is 31.9 Å². The molecule has 1 atom stereocenters. The lowest BCUT2D eigenvalue weighted by Gasteiger charge is -2.38. The first-order valence-electron chi connectivity index (χ1n) is 14.7. The van der Waals surface area contributed by atoms with Gasteiger partial charge in [0.05, 0.1) is 28.3 Å². The number of imidazole rings is 1. The van der Waals surface area contributed by atoms with Crippen LogP contribution < -0.4 is 16.4 Å². The van der Waals surface area contributed by atoms with Crippen LogP contribution in [0, 0.1) is 0 Å². The van der Waals surface area contributed by atoms with Gasteiger partial charge in [-0.1, -0.05) is 18.2 Å². The molecule has 0 saturated carbocycles. The number of halogens is 2. The van der Waals surface area contributed by atoms with Crippen molar-refractivity contribution in [3.63, 3.8) is 0 Å². The smallest absolute Gasteiger partial charge is 0.335 e. The summed E-state index contributed by atoms with van der Waals surface area (Å²) in [5.41, 5.74) is 11.0.